The molecule has 2 fully saturated rings. The monoisotopic (exact) mass is 396 g/mol. The van der Waals surface area contributed by atoms with Crippen LogP contribution < -0.4 is 0 Å². The number of carboxylic acids is 1. The molecule has 1 aliphatic heterocycles. The lowest BCUT2D eigenvalue weighted by molar-refractivity contribution is -0.202. The van der Waals surface area contributed by atoms with Crippen molar-refractivity contribution >= 4 is 5.97 Å². The van der Waals surface area contributed by atoms with Gasteiger partial charge in [-0.15, -0.1) is 0 Å². The van der Waals surface area contributed by atoms with Crippen LogP contribution in [0.3, 0.4) is 0 Å². The van der Waals surface area contributed by atoms with E-state index < -0.39 is 23.3 Å². The molecule has 0 bridgehead atoms. The van der Waals surface area contributed by atoms with Gasteiger partial charge in [0.25, 0.3) is 0 Å². The molecule has 2 rings (SSSR count). The molecule has 2 aliphatic rings. The summed E-state index contributed by atoms with van der Waals surface area (Å²) in [6, 6.07) is 0. The molecule has 4 atom stereocenters. The van der Waals surface area contributed by atoms with E-state index in [1.807, 2.05) is 19.1 Å². The van der Waals surface area contributed by atoms with Crippen LogP contribution >= 0.6 is 0 Å². The Morgan fingerprint density at radius 3 is 2.43 bits per heavy atom. The lowest BCUT2D eigenvalue weighted by Gasteiger charge is -2.35. The first-order valence-corrected chi connectivity index (χ1v) is 11.3. The van der Waals surface area contributed by atoms with Crippen LogP contribution in [0.25, 0.3) is 0 Å². The van der Waals surface area contributed by atoms with Gasteiger partial charge < -0.3 is 19.7 Å². The van der Waals surface area contributed by atoms with Crippen LogP contribution in [0.5, 0.6) is 0 Å². The molecule has 4 unspecified atom stereocenters. The number of aliphatic hydroxyl groups is 1. The van der Waals surface area contributed by atoms with Gasteiger partial charge in [-0.25, -0.2) is 0 Å². The van der Waals surface area contributed by atoms with Gasteiger partial charge in [0.1, 0.15) is 0 Å². The summed E-state index contributed by atoms with van der Waals surface area (Å²) >= 11 is 0. The maximum Gasteiger partial charge on any atom is 0.307 e. The number of hydrogen-bond acceptors (Lipinski definition) is 4. The Labute approximate surface area is 170 Å². The predicted molar refractivity (Wildman–Crippen MR) is 110 cm³/mol. The summed E-state index contributed by atoms with van der Waals surface area (Å²) < 4.78 is 12.0. The highest BCUT2D eigenvalue weighted by molar-refractivity contribution is 5.70. The van der Waals surface area contributed by atoms with Gasteiger partial charge in [-0.05, 0) is 32.1 Å². The van der Waals surface area contributed by atoms with Crippen molar-refractivity contribution in [2.45, 2.75) is 96.4 Å². The lowest BCUT2D eigenvalue weighted by atomic mass is 9.77. The van der Waals surface area contributed by atoms with Gasteiger partial charge in [0.05, 0.1) is 24.7 Å². The van der Waals surface area contributed by atoms with Crippen molar-refractivity contribution < 1.29 is 24.5 Å². The minimum atomic E-state index is -0.853. The molecular formula is C23H40O5. The molecule has 2 N–H and O–H groups in total. The topological polar surface area (TPSA) is 76.0 Å². The SMILES string of the molecule is CCCCCC(C(=O)O)C1C(C=CC(C)(O)CCCCC)CCC12OCCO2. The lowest BCUT2D eigenvalue weighted by Crippen LogP contribution is -2.43. The largest absolute Gasteiger partial charge is 0.481 e. The molecule has 0 aromatic carbocycles. The van der Waals surface area contributed by atoms with Gasteiger partial charge in [-0.2, -0.15) is 0 Å². The van der Waals surface area contributed by atoms with E-state index in [0.717, 1.165) is 57.8 Å². The van der Waals surface area contributed by atoms with E-state index >= 15 is 0 Å². The van der Waals surface area contributed by atoms with Crippen molar-refractivity contribution in [3.63, 3.8) is 0 Å². The number of unbranched alkanes of at least 4 members (excludes halogenated alkanes) is 4. The summed E-state index contributed by atoms with van der Waals surface area (Å²) in [6.45, 7) is 7.19. The highest BCUT2D eigenvalue weighted by Crippen LogP contribution is 2.51. The number of ether oxygens (including phenoxy) is 2. The molecule has 1 aliphatic carbocycles. The molecule has 1 heterocycles. The molecule has 1 spiro atoms. The van der Waals surface area contributed by atoms with Crippen molar-refractivity contribution in [3.05, 3.63) is 12.2 Å². The summed E-state index contributed by atoms with van der Waals surface area (Å²) in [7, 11) is 0. The van der Waals surface area contributed by atoms with Crippen molar-refractivity contribution in [1.82, 2.24) is 0 Å². The predicted octanol–water partition coefficient (Wildman–Crippen LogP) is 4.92. The second-order valence-electron chi connectivity index (χ2n) is 8.85. The highest BCUT2D eigenvalue weighted by Gasteiger charge is 2.56. The first-order chi connectivity index (χ1) is 13.4. The third-order valence-electron chi connectivity index (χ3n) is 6.43. The number of hydrogen-bond donors (Lipinski definition) is 2. The Balaban J connectivity index is 2.17. The summed E-state index contributed by atoms with van der Waals surface area (Å²) in [5.41, 5.74) is -0.853. The van der Waals surface area contributed by atoms with Crippen LogP contribution in [0.15, 0.2) is 12.2 Å². The maximum atomic E-state index is 12.2. The van der Waals surface area contributed by atoms with Crippen molar-refractivity contribution in [2.75, 3.05) is 13.2 Å². The molecule has 1 saturated carbocycles. The minimum absolute atomic E-state index is 0.0541. The fourth-order valence-corrected chi connectivity index (χ4v) is 4.89. The van der Waals surface area contributed by atoms with Gasteiger partial charge in [-0.3, -0.25) is 4.79 Å². The fraction of sp³-hybridized carbons (Fsp3) is 0.870. The second kappa shape index (κ2) is 10.7. The molecule has 5 heteroatoms. The van der Waals surface area contributed by atoms with Gasteiger partial charge in [0.15, 0.2) is 5.79 Å². The summed E-state index contributed by atoms with van der Waals surface area (Å²) in [5, 5.41) is 20.7. The van der Waals surface area contributed by atoms with E-state index in [1.54, 1.807) is 0 Å². The Morgan fingerprint density at radius 1 is 1.18 bits per heavy atom. The molecule has 28 heavy (non-hydrogen) atoms. The quantitative estimate of drug-likeness (QED) is 0.361. The Morgan fingerprint density at radius 2 is 1.82 bits per heavy atom. The number of carboxylic acid groups (broad SMARTS) is 1. The van der Waals surface area contributed by atoms with E-state index in [0.29, 0.717) is 19.6 Å². The van der Waals surface area contributed by atoms with Gasteiger partial charge in [-0.1, -0.05) is 64.5 Å². The number of allylic oxidation sites excluding steroid dienone is 1. The van der Waals surface area contributed by atoms with Crippen LogP contribution in [0.1, 0.15) is 85.0 Å². The fourth-order valence-electron chi connectivity index (χ4n) is 4.89. The zero-order valence-corrected chi connectivity index (χ0v) is 18.0. The average molecular weight is 397 g/mol. The number of aliphatic carboxylic acids is 1. The van der Waals surface area contributed by atoms with Crippen molar-refractivity contribution in [3.8, 4) is 0 Å². The molecule has 0 aromatic heterocycles. The van der Waals surface area contributed by atoms with Crippen LogP contribution in [0.2, 0.25) is 0 Å². The normalized spacial score (nSPS) is 27.4. The van der Waals surface area contributed by atoms with E-state index in [9.17, 15) is 15.0 Å². The molecule has 0 amide bonds. The average Bonchev–Trinajstić information content (AvgIpc) is 3.25. The first kappa shape index (κ1) is 23.4. The second-order valence-corrected chi connectivity index (χ2v) is 8.85. The molecule has 0 radical (unpaired) electrons. The summed E-state index contributed by atoms with van der Waals surface area (Å²) in [6.07, 6.45) is 13.1. The molecule has 0 aromatic rings. The highest BCUT2D eigenvalue weighted by atomic mass is 16.7. The molecule has 5 nitrogen and oxygen atoms in total. The van der Waals surface area contributed by atoms with Crippen LogP contribution in [-0.4, -0.2) is 40.8 Å². The molecular weight excluding hydrogens is 356 g/mol. The zero-order valence-electron chi connectivity index (χ0n) is 18.0. The molecule has 162 valence electrons. The van der Waals surface area contributed by atoms with Crippen LogP contribution in [0.4, 0.5) is 0 Å². The Bertz CT molecular complexity index is 507. The van der Waals surface area contributed by atoms with Gasteiger partial charge >= 0.3 is 5.97 Å². The van der Waals surface area contributed by atoms with E-state index in [-0.39, 0.29) is 11.8 Å². The van der Waals surface area contributed by atoms with E-state index in [2.05, 4.69) is 13.8 Å². The zero-order chi connectivity index (χ0) is 20.6. The van der Waals surface area contributed by atoms with Crippen LogP contribution in [0, 0.1) is 17.8 Å². The Hall–Kier alpha value is -0.910. The minimum Gasteiger partial charge on any atom is -0.481 e. The third kappa shape index (κ3) is 6.04. The maximum absolute atomic E-state index is 12.2. The van der Waals surface area contributed by atoms with E-state index in [1.165, 1.54) is 0 Å². The molecule has 1 saturated heterocycles. The van der Waals surface area contributed by atoms with Crippen molar-refractivity contribution in [2.24, 2.45) is 17.8 Å². The third-order valence-corrected chi connectivity index (χ3v) is 6.43. The Kier molecular flexibility index (Phi) is 8.97. The van der Waals surface area contributed by atoms with Crippen molar-refractivity contribution in [1.29, 1.82) is 0 Å². The van der Waals surface area contributed by atoms with Gasteiger partial charge in [0, 0.05) is 12.3 Å². The van der Waals surface area contributed by atoms with Crippen LogP contribution in [-0.2, 0) is 14.3 Å². The smallest absolute Gasteiger partial charge is 0.307 e. The summed E-state index contributed by atoms with van der Waals surface area (Å²) in [5.74, 6) is -2.15. The summed E-state index contributed by atoms with van der Waals surface area (Å²) in [4.78, 5) is 12.2. The first-order valence-electron chi connectivity index (χ1n) is 11.3. The standard InChI is InChI=1S/C23H40O5/c1-4-6-8-10-19(21(24)25)20-18(12-15-23(20)27-16-17-28-23)11-14-22(3,26)13-9-7-5-2/h11,14,18-20,26H,4-10,12-13,15-17H2,1-3H3,(H,24,25). The van der Waals surface area contributed by atoms with Gasteiger partial charge in [0.2, 0.25) is 0 Å². The number of rotatable bonds is 12. The number of carbonyl (C=O) groups is 1. The van der Waals surface area contributed by atoms with E-state index in [4.69, 9.17) is 9.47 Å².